The maximum Gasteiger partial charge on any atom is 0.416 e. The van der Waals surface area contributed by atoms with E-state index < -0.39 is 17.3 Å². The lowest BCUT2D eigenvalue weighted by Crippen LogP contribution is -2.38. The molecule has 5 heteroatoms. The van der Waals surface area contributed by atoms with Gasteiger partial charge >= 0.3 is 6.18 Å². The minimum absolute atomic E-state index is 0.111. The molecule has 0 bridgehead atoms. The van der Waals surface area contributed by atoms with Crippen LogP contribution in [-0.2, 0) is 6.18 Å². The van der Waals surface area contributed by atoms with Gasteiger partial charge in [0.25, 0.3) is 0 Å². The Morgan fingerprint density at radius 1 is 1.20 bits per heavy atom. The van der Waals surface area contributed by atoms with Gasteiger partial charge in [0.15, 0.2) is 0 Å². The van der Waals surface area contributed by atoms with E-state index in [1.165, 1.54) is 12.1 Å². The van der Waals surface area contributed by atoms with E-state index in [0.29, 0.717) is 13.0 Å². The standard InChI is InChI=1S/C15H22F3NO/c1-4-9-14(3,20)10-19-11(2)12-5-7-13(8-6-12)15(16,17)18/h5-8,11,19-20H,4,9-10H2,1-3H3. The molecular formula is C15H22F3NO. The molecular weight excluding hydrogens is 267 g/mol. The molecule has 1 rings (SSSR count). The van der Waals surface area contributed by atoms with Crippen LogP contribution in [0.5, 0.6) is 0 Å². The topological polar surface area (TPSA) is 32.3 Å². The number of hydrogen-bond donors (Lipinski definition) is 2. The van der Waals surface area contributed by atoms with E-state index in [0.717, 1.165) is 24.1 Å². The molecule has 0 aliphatic heterocycles. The second-order valence-electron chi connectivity index (χ2n) is 5.47. The van der Waals surface area contributed by atoms with Crippen molar-refractivity contribution in [3.63, 3.8) is 0 Å². The van der Waals surface area contributed by atoms with Crippen LogP contribution in [0.2, 0.25) is 0 Å². The van der Waals surface area contributed by atoms with Gasteiger partial charge in [0.2, 0.25) is 0 Å². The van der Waals surface area contributed by atoms with Crippen molar-refractivity contribution < 1.29 is 18.3 Å². The molecule has 0 saturated heterocycles. The maximum absolute atomic E-state index is 12.5. The van der Waals surface area contributed by atoms with Crippen LogP contribution in [0.1, 0.15) is 50.8 Å². The highest BCUT2D eigenvalue weighted by Crippen LogP contribution is 2.29. The number of halogens is 3. The van der Waals surface area contributed by atoms with Gasteiger partial charge in [-0.05, 0) is 38.0 Å². The lowest BCUT2D eigenvalue weighted by molar-refractivity contribution is -0.137. The molecule has 2 nitrogen and oxygen atoms in total. The third kappa shape index (κ3) is 5.13. The Hall–Kier alpha value is -1.07. The number of nitrogens with one attached hydrogen (secondary N) is 1. The van der Waals surface area contributed by atoms with Crippen molar-refractivity contribution in [3.8, 4) is 0 Å². The van der Waals surface area contributed by atoms with Crippen LogP contribution in [0.3, 0.4) is 0 Å². The first-order chi connectivity index (χ1) is 9.15. The van der Waals surface area contributed by atoms with Crippen LogP contribution in [-0.4, -0.2) is 17.3 Å². The molecule has 0 saturated carbocycles. The van der Waals surface area contributed by atoms with Gasteiger partial charge in [-0.25, -0.2) is 0 Å². The summed E-state index contributed by atoms with van der Waals surface area (Å²) in [6.45, 7) is 6.02. The van der Waals surface area contributed by atoms with Crippen molar-refractivity contribution in [2.45, 2.75) is 51.4 Å². The number of alkyl halides is 3. The summed E-state index contributed by atoms with van der Waals surface area (Å²) in [5.74, 6) is 0. The smallest absolute Gasteiger partial charge is 0.389 e. The summed E-state index contributed by atoms with van der Waals surface area (Å²) >= 11 is 0. The fraction of sp³-hybridized carbons (Fsp3) is 0.600. The largest absolute Gasteiger partial charge is 0.416 e. The van der Waals surface area contributed by atoms with E-state index in [9.17, 15) is 18.3 Å². The molecule has 2 atom stereocenters. The van der Waals surface area contributed by atoms with Crippen molar-refractivity contribution in [1.29, 1.82) is 0 Å². The van der Waals surface area contributed by atoms with E-state index in [4.69, 9.17) is 0 Å². The van der Waals surface area contributed by atoms with Gasteiger partial charge in [0.05, 0.1) is 11.2 Å². The quantitative estimate of drug-likeness (QED) is 0.832. The van der Waals surface area contributed by atoms with E-state index >= 15 is 0 Å². The van der Waals surface area contributed by atoms with Crippen LogP contribution < -0.4 is 5.32 Å². The fourth-order valence-electron chi connectivity index (χ4n) is 2.08. The number of hydrogen-bond acceptors (Lipinski definition) is 2. The molecule has 0 fully saturated rings. The second kappa shape index (κ2) is 6.59. The van der Waals surface area contributed by atoms with Gasteiger partial charge in [-0.3, -0.25) is 0 Å². The second-order valence-corrected chi connectivity index (χ2v) is 5.47. The fourth-order valence-corrected chi connectivity index (χ4v) is 2.08. The zero-order chi connectivity index (χ0) is 15.4. The van der Waals surface area contributed by atoms with E-state index in [-0.39, 0.29) is 6.04 Å². The molecule has 1 aromatic rings. The van der Waals surface area contributed by atoms with Crippen LogP contribution in [0, 0.1) is 0 Å². The van der Waals surface area contributed by atoms with E-state index in [1.807, 2.05) is 13.8 Å². The molecule has 0 aliphatic rings. The van der Waals surface area contributed by atoms with Gasteiger partial charge in [-0.15, -0.1) is 0 Å². The molecule has 0 amide bonds. The minimum atomic E-state index is -4.31. The first kappa shape index (κ1) is 17.0. The van der Waals surface area contributed by atoms with E-state index in [1.54, 1.807) is 6.92 Å². The zero-order valence-electron chi connectivity index (χ0n) is 12.1. The molecule has 0 radical (unpaired) electrons. The van der Waals surface area contributed by atoms with Crippen molar-refractivity contribution in [3.05, 3.63) is 35.4 Å². The SMILES string of the molecule is CCCC(C)(O)CNC(C)c1ccc(C(F)(F)F)cc1. The van der Waals surface area contributed by atoms with Gasteiger partial charge in [-0.1, -0.05) is 25.5 Å². The molecule has 114 valence electrons. The highest BCUT2D eigenvalue weighted by atomic mass is 19.4. The highest BCUT2D eigenvalue weighted by molar-refractivity contribution is 5.26. The first-order valence-electron chi connectivity index (χ1n) is 6.78. The summed E-state index contributed by atoms with van der Waals surface area (Å²) in [6.07, 6.45) is -2.75. The Kier molecular flexibility index (Phi) is 5.59. The average molecular weight is 289 g/mol. The predicted molar refractivity (Wildman–Crippen MR) is 73.4 cm³/mol. The van der Waals surface area contributed by atoms with Gasteiger partial charge in [-0.2, -0.15) is 13.2 Å². The summed E-state index contributed by atoms with van der Waals surface area (Å²) in [5.41, 5.74) is -0.675. The summed E-state index contributed by atoms with van der Waals surface area (Å²) in [5, 5.41) is 13.2. The number of aliphatic hydroxyl groups is 1. The maximum atomic E-state index is 12.5. The summed E-state index contributed by atoms with van der Waals surface area (Å²) in [4.78, 5) is 0. The normalized spacial score (nSPS) is 16.8. The van der Waals surface area contributed by atoms with Crippen LogP contribution in [0.25, 0.3) is 0 Å². The van der Waals surface area contributed by atoms with E-state index in [2.05, 4.69) is 5.32 Å². The predicted octanol–water partition coefficient (Wildman–Crippen LogP) is 3.91. The molecule has 0 aromatic heterocycles. The molecule has 2 N–H and O–H groups in total. The van der Waals surface area contributed by atoms with Crippen molar-refractivity contribution in [2.24, 2.45) is 0 Å². The Balaban J connectivity index is 2.62. The van der Waals surface area contributed by atoms with Crippen LogP contribution in [0.4, 0.5) is 13.2 Å². The van der Waals surface area contributed by atoms with Gasteiger partial charge < -0.3 is 10.4 Å². The summed E-state index contributed by atoms with van der Waals surface area (Å²) in [6, 6.07) is 4.99. The third-order valence-electron chi connectivity index (χ3n) is 3.32. The highest BCUT2D eigenvalue weighted by Gasteiger charge is 2.30. The third-order valence-corrected chi connectivity index (χ3v) is 3.32. The molecule has 0 spiro atoms. The van der Waals surface area contributed by atoms with Crippen LogP contribution >= 0.6 is 0 Å². The Bertz CT molecular complexity index is 412. The molecule has 0 heterocycles. The molecule has 20 heavy (non-hydrogen) atoms. The number of rotatable bonds is 6. The van der Waals surface area contributed by atoms with Crippen molar-refractivity contribution in [1.82, 2.24) is 5.32 Å². The Morgan fingerprint density at radius 3 is 2.20 bits per heavy atom. The first-order valence-corrected chi connectivity index (χ1v) is 6.78. The lowest BCUT2D eigenvalue weighted by atomic mass is 9.99. The molecule has 0 aliphatic carbocycles. The molecule has 2 unspecified atom stereocenters. The van der Waals surface area contributed by atoms with Crippen molar-refractivity contribution in [2.75, 3.05) is 6.54 Å². The zero-order valence-corrected chi connectivity index (χ0v) is 12.1. The minimum Gasteiger partial charge on any atom is -0.389 e. The molecule has 1 aromatic carbocycles. The summed E-state index contributed by atoms with van der Waals surface area (Å²) in [7, 11) is 0. The monoisotopic (exact) mass is 289 g/mol. The van der Waals surface area contributed by atoms with Crippen molar-refractivity contribution >= 4 is 0 Å². The Morgan fingerprint density at radius 2 is 1.75 bits per heavy atom. The summed E-state index contributed by atoms with van der Waals surface area (Å²) < 4.78 is 37.4. The van der Waals surface area contributed by atoms with Gasteiger partial charge in [0.1, 0.15) is 0 Å². The lowest BCUT2D eigenvalue weighted by Gasteiger charge is -2.25. The Labute approximate surface area is 118 Å². The number of benzene rings is 1. The van der Waals surface area contributed by atoms with Gasteiger partial charge in [0, 0.05) is 12.6 Å². The average Bonchev–Trinajstić information content (AvgIpc) is 2.35. The van der Waals surface area contributed by atoms with Crippen LogP contribution in [0.15, 0.2) is 24.3 Å².